The van der Waals surface area contributed by atoms with Crippen molar-refractivity contribution in [3.05, 3.63) is 0 Å². The van der Waals surface area contributed by atoms with E-state index in [1.54, 1.807) is 0 Å². The second kappa shape index (κ2) is 36.4. The van der Waals surface area contributed by atoms with Gasteiger partial charge in [0.15, 0.2) is 5.78 Å². The first-order valence-corrected chi connectivity index (χ1v) is 20.4. The zero-order chi connectivity index (χ0) is 40.9. The van der Waals surface area contributed by atoms with Gasteiger partial charge in [-0.15, -0.1) is 0 Å². The fraction of sp³-hybridized carbons (Fsp3) is 0.842. The molecule has 55 heavy (non-hydrogen) atoms. The molecule has 0 bridgehead atoms. The van der Waals surface area contributed by atoms with Crippen LogP contribution in [0, 0.1) is 0 Å². The molecular weight excluding hydrogens is 714 g/mol. The zero-order valence-corrected chi connectivity index (χ0v) is 33.3. The number of primary amides is 1. The number of aliphatic hydroxyl groups is 1. The molecule has 0 aliphatic heterocycles. The number of ketones is 1. The van der Waals surface area contributed by atoms with Gasteiger partial charge in [0, 0.05) is 32.6 Å². The highest BCUT2D eigenvalue weighted by molar-refractivity contribution is 5.87. The van der Waals surface area contributed by atoms with Gasteiger partial charge < -0.3 is 47.1 Å². The first-order valence-electron chi connectivity index (χ1n) is 20.4. The average molecular weight is 788 g/mol. The van der Waals surface area contributed by atoms with Crippen LogP contribution in [0.25, 0.3) is 0 Å². The van der Waals surface area contributed by atoms with Gasteiger partial charge in [-0.1, -0.05) is 84.0 Å². The molecule has 17 nitrogen and oxygen atoms in total. The van der Waals surface area contributed by atoms with Crippen molar-refractivity contribution >= 4 is 35.4 Å². The number of rotatable bonds is 40. The number of unbranched alkanes of at least 4 members (excludes halogenated alkanes) is 13. The van der Waals surface area contributed by atoms with E-state index in [1.165, 1.54) is 57.8 Å². The summed E-state index contributed by atoms with van der Waals surface area (Å²) in [6, 6.07) is -2.69. The molecule has 4 amide bonds. The Morgan fingerprint density at radius 2 is 1.22 bits per heavy atom. The van der Waals surface area contributed by atoms with E-state index in [9.17, 15) is 33.9 Å². The SMILES string of the molecule is CCCCCCCCCCCCCCCC(=O)NC(CCC(=O)NCCOCCOCC(=O)NCCCC[C@H](NCN)C(=O)CN[C@@H](CO)C(N)=O)C(=O)O. The van der Waals surface area contributed by atoms with Gasteiger partial charge in [-0.25, -0.2) is 4.79 Å². The standard InChI is InChI=1S/C38H73N7O10/c1-2-3-4-5-6-7-8-9-10-11-12-13-14-18-35(49)45-31(38(52)53)19-20-34(48)42-22-23-54-24-25-55-28-36(50)41-21-16-15-17-30(44-29-39)33(47)26-43-32(27-46)37(40)51/h30-32,43-44,46H,2-29,39H2,1H3,(H2,40,51)(H,41,50)(H,42,48)(H,45,49)(H,52,53)/t30-,31?,32-/m0/s1. The van der Waals surface area contributed by atoms with E-state index in [4.69, 9.17) is 26.0 Å². The van der Waals surface area contributed by atoms with E-state index in [0.29, 0.717) is 32.2 Å². The summed E-state index contributed by atoms with van der Waals surface area (Å²) in [6.45, 7) is 2.64. The van der Waals surface area contributed by atoms with Gasteiger partial charge in [0.1, 0.15) is 18.7 Å². The number of Topliss-reactive ketones (excluding diaryl/α,β-unsaturated/α-hetero) is 1. The van der Waals surface area contributed by atoms with Crippen molar-refractivity contribution in [2.24, 2.45) is 11.5 Å². The Hall–Kier alpha value is -3.22. The van der Waals surface area contributed by atoms with Crippen LogP contribution in [0.3, 0.4) is 0 Å². The quantitative estimate of drug-likeness (QED) is 0.0312. The number of carboxylic acids is 1. The number of ether oxygens (including phenoxy) is 2. The van der Waals surface area contributed by atoms with Gasteiger partial charge >= 0.3 is 5.97 Å². The molecule has 11 N–H and O–H groups in total. The first-order chi connectivity index (χ1) is 26.5. The van der Waals surface area contributed by atoms with E-state index in [2.05, 4.69) is 33.5 Å². The minimum atomic E-state index is -1.17. The average Bonchev–Trinajstić information content (AvgIpc) is 3.15. The third-order valence-electron chi connectivity index (χ3n) is 9.02. The number of hydrogen-bond acceptors (Lipinski definition) is 12. The molecule has 0 aromatic rings. The molecule has 1 unspecified atom stereocenters. The third kappa shape index (κ3) is 31.7. The Morgan fingerprint density at radius 3 is 1.80 bits per heavy atom. The van der Waals surface area contributed by atoms with E-state index < -0.39 is 36.6 Å². The van der Waals surface area contributed by atoms with E-state index in [0.717, 1.165) is 19.3 Å². The summed E-state index contributed by atoms with van der Waals surface area (Å²) in [6.07, 6.45) is 17.5. The molecule has 0 saturated carbocycles. The number of carbonyl (C=O) groups excluding carboxylic acids is 5. The summed E-state index contributed by atoms with van der Waals surface area (Å²) in [5, 5.41) is 32.1. The van der Waals surface area contributed by atoms with Crippen molar-refractivity contribution in [3.63, 3.8) is 0 Å². The van der Waals surface area contributed by atoms with Gasteiger partial charge in [0.25, 0.3) is 0 Å². The highest BCUT2D eigenvalue weighted by Crippen LogP contribution is 2.13. The molecular formula is C38H73N7O10. The van der Waals surface area contributed by atoms with Gasteiger partial charge in [0.05, 0.1) is 39.0 Å². The van der Waals surface area contributed by atoms with Crippen LogP contribution in [0.2, 0.25) is 0 Å². The van der Waals surface area contributed by atoms with Crippen LogP contribution in [0.4, 0.5) is 0 Å². The lowest BCUT2D eigenvalue weighted by Gasteiger charge is -2.18. The summed E-state index contributed by atoms with van der Waals surface area (Å²) in [5.41, 5.74) is 10.7. The molecule has 0 aromatic carbocycles. The lowest BCUT2D eigenvalue weighted by molar-refractivity contribution is -0.142. The molecule has 0 rings (SSSR count). The van der Waals surface area contributed by atoms with E-state index >= 15 is 0 Å². The molecule has 0 aliphatic carbocycles. The monoisotopic (exact) mass is 788 g/mol. The molecule has 0 radical (unpaired) electrons. The Balaban J connectivity index is 3.88. The van der Waals surface area contributed by atoms with Crippen LogP contribution in [0.15, 0.2) is 0 Å². The maximum absolute atomic E-state index is 12.4. The van der Waals surface area contributed by atoms with Gasteiger partial charge in [-0.2, -0.15) is 0 Å². The number of hydrogen-bond donors (Lipinski definition) is 9. The number of nitrogens with one attached hydrogen (secondary N) is 5. The number of carboxylic acid groups (broad SMARTS) is 1. The molecule has 0 spiro atoms. The predicted molar refractivity (Wildman–Crippen MR) is 210 cm³/mol. The molecule has 320 valence electrons. The largest absolute Gasteiger partial charge is 0.480 e. The van der Waals surface area contributed by atoms with Gasteiger partial charge in [0.2, 0.25) is 23.6 Å². The second-order valence-electron chi connectivity index (χ2n) is 13.8. The molecule has 3 atom stereocenters. The zero-order valence-electron chi connectivity index (χ0n) is 33.3. The second-order valence-corrected chi connectivity index (χ2v) is 13.8. The van der Waals surface area contributed by atoms with Crippen molar-refractivity contribution in [2.75, 3.05) is 59.3 Å². The molecule has 0 heterocycles. The van der Waals surface area contributed by atoms with Gasteiger partial charge in [-0.05, 0) is 32.1 Å². The maximum atomic E-state index is 12.4. The fourth-order valence-electron chi connectivity index (χ4n) is 5.71. The molecule has 0 fully saturated rings. The van der Waals surface area contributed by atoms with Crippen LogP contribution >= 0.6 is 0 Å². The summed E-state index contributed by atoms with van der Waals surface area (Å²) < 4.78 is 10.7. The smallest absolute Gasteiger partial charge is 0.326 e. The summed E-state index contributed by atoms with van der Waals surface area (Å²) in [4.78, 5) is 71.7. The summed E-state index contributed by atoms with van der Waals surface area (Å²) in [5.74, 6) is -3.12. The lowest BCUT2D eigenvalue weighted by Crippen LogP contribution is -2.50. The van der Waals surface area contributed by atoms with Crippen LogP contribution in [-0.2, 0) is 38.2 Å². The normalized spacial score (nSPS) is 12.8. The van der Waals surface area contributed by atoms with Crippen molar-refractivity contribution < 1.29 is 48.5 Å². The molecule has 0 saturated heterocycles. The first kappa shape index (κ1) is 51.8. The fourth-order valence-corrected chi connectivity index (χ4v) is 5.71. The van der Waals surface area contributed by atoms with Gasteiger partial charge in [-0.3, -0.25) is 34.6 Å². The van der Waals surface area contributed by atoms with Crippen molar-refractivity contribution in [2.45, 2.75) is 147 Å². The van der Waals surface area contributed by atoms with Crippen molar-refractivity contribution in [1.82, 2.24) is 26.6 Å². The minimum Gasteiger partial charge on any atom is -0.480 e. The Kier molecular flexibility index (Phi) is 34.3. The Bertz CT molecular complexity index is 1050. The van der Waals surface area contributed by atoms with E-state index in [-0.39, 0.29) is 89.0 Å². The number of aliphatic hydroxyl groups excluding tert-OH is 1. The summed E-state index contributed by atoms with van der Waals surface area (Å²) in [7, 11) is 0. The topological polar surface area (TPSA) is 274 Å². The minimum absolute atomic E-state index is 0.0160. The van der Waals surface area contributed by atoms with Crippen LogP contribution in [0.5, 0.6) is 0 Å². The Morgan fingerprint density at radius 1 is 0.618 bits per heavy atom. The summed E-state index contributed by atoms with van der Waals surface area (Å²) >= 11 is 0. The molecule has 0 aromatic heterocycles. The number of aliphatic carboxylic acids is 1. The number of carbonyl (C=O) groups is 6. The third-order valence-corrected chi connectivity index (χ3v) is 9.02. The number of amides is 4. The maximum Gasteiger partial charge on any atom is 0.326 e. The highest BCUT2D eigenvalue weighted by Gasteiger charge is 2.22. The highest BCUT2D eigenvalue weighted by atomic mass is 16.5. The van der Waals surface area contributed by atoms with Crippen LogP contribution in [0.1, 0.15) is 129 Å². The van der Waals surface area contributed by atoms with E-state index in [1.807, 2.05) is 0 Å². The van der Waals surface area contributed by atoms with Crippen LogP contribution in [-0.4, -0.2) is 123 Å². The number of nitrogens with two attached hydrogens (primary N) is 2. The van der Waals surface area contributed by atoms with Crippen molar-refractivity contribution in [3.8, 4) is 0 Å². The van der Waals surface area contributed by atoms with Crippen molar-refractivity contribution in [1.29, 1.82) is 0 Å². The lowest BCUT2D eigenvalue weighted by atomic mass is 10.0. The van der Waals surface area contributed by atoms with Crippen LogP contribution < -0.4 is 38.1 Å². The molecule has 17 heteroatoms. The molecule has 0 aliphatic rings. The predicted octanol–water partition coefficient (Wildman–Crippen LogP) is 1.13. The Labute approximate surface area is 327 Å².